The number of carbonyl (C=O) groups excluding carboxylic acids is 2. The Bertz CT molecular complexity index is 775. The van der Waals surface area contributed by atoms with E-state index in [0.717, 1.165) is 11.4 Å². The van der Waals surface area contributed by atoms with E-state index in [9.17, 15) is 9.59 Å². The van der Waals surface area contributed by atoms with Crippen molar-refractivity contribution in [2.45, 2.75) is 6.92 Å². The lowest BCUT2D eigenvalue weighted by Gasteiger charge is -2.16. The Hall–Kier alpha value is -3.22. The Kier molecular flexibility index (Phi) is 6.43. The average Bonchev–Trinajstić information content (AvgIpc) is 2.66. The monoisotopic (exact) mass is 357 g/mol. The Labute approximate surface area is 152 Å². The molecule has 0 aliphatic carbocycles. The van der Waals surface area contributed by atoms with Gasteiger partial charge in [0.25, 0.3) is 0 Å². The zero-order valence-corrected chi connectivity index (χ0v) is 15.3. The van der Waals surface area contributed by atoms with Crippen LogP contribution in [0, 0.1) is 0 Å². The van der Waals surface area contributed by atoms with Gasteiger partial charge < -0.3 is 25.0 Å². The van der Waals surface area contributed by atoms with Crippen LogP contribution in [-0.4, -0.2) is 39.6 Å². The highest BCUT2D eigenvalue weighted by molar-refractivity contribution is 5.95. The number of methoxy groups -OCH3 is 2. The average molecular weight is 357 g/mol. The topological polar surface area (TPSA) is 79.9 Å². The number of ether oxygens (including phenoxy) is 2. The summed E-state index contributed by atoms with van der Waals surface area (Å²) in [5.41, 5.74) is 2.10. The van der Waals surface area contributed by atoms with Gasteiger partial charge in [-0.3, -0.25) is 9.59 Å². The quantitative estimate of drug-likeness (QED) is 0.796. The summed E-state index contributed by atoms with van der Waals surface area (Å²) in [4.78, 5) is 25.1. The van der Waals surface area contributed by atoms with Crippen LogP contribution in [0.15, 0.2) is 42.5 Å². The molecule has 2 aromatic carbocycles. The third-order valence-electron chi connectivity index (χ3n) is 3.86. The summed E-state index contributed by atoms with van der Waals surface area (Å²) >= 11 is 0. The lowest BCUT2D eigenvalue weighted by molar-refractivity contribution is -0.116. The molecule has 0 spiro atoms. The number of hydrogen-bond acceptors (Lipinski definition) is 5. The van der Waals surface area contributed by atoms with Crippen LogP contribution in [0.1, 0.15) is 6.92 Å². The van der Waals surface area contributed by atoms with Crippen LogP contribution in [0.2, 0.25) is 0 Å². The van der Waals surface area contributed by atoms with Gasteiger partial charge in [-0.15, -0.1) is 0 Å². The largest absolute Gasteiger partial charge is 0.497 e. The van der Waals surface area contributed by atoms with Crippen molar-refractivity contribution in [2.24, 2.45) is 0 Å². The fourth-order valence-corrected chi connectivity index (χ4v) is 2.27. The summed E-state index contributed by atoms with van der Waals surface area (Å²) in [5, 5.41) is 5.83. The van der Waals surface area contributed by atoms with E-state index in [1.807, 2.05) is 24.3 Å². The van der Waals surface area contributed by atoms with E-state index in [4.69, 9.17) is 9.47 Å². The first kappa shape index (κ1) is 19.1. The maximum absolute atomic E-state index is 12.2. The molecule has 2 aromatic rings. The molecule has 2 N–H and O–H groups in total. The molecule has 0 atom stereocenters. The first-order chi connectivity index (χ1) is 12.4. The number of rotatable bonds is 7. The molecule has 0 aliphatic heterocycles. The summed E-state index contributed by atoms with van der Waals surface area (Å²) in [7, 11) is 4.80. The highest BCUT2D eigenvalue weighted by Crippen LogP contribution is 2.28. The molecule has 138 valence electrons. The van der Waals surface area contributed by atoms with Crippen molar-refractivity contribution in [1.29, 1.82) is 0 Å². The molecule has 7 heteroatoms. The van der Waals surface area contributed by atoms with Crippen LogP contribution in [0.4, 0.5) is 17.1 Å². The smallest absolute Gasteiger partial charge is 0.243 e. The predicted octanol–water partition coefficient (Wildman–Crippen LogP) is 2.74. The fraction of sp³-hybridized carbons (Fsp3) is 0.263. The Morgan fingerprint density at radius 2 is 1.73 bits per heavy atom. The van der Waals surface area contributed by atoms with E-state index in [1.165, 1.54) is 14.0 Å². The third kappa shape index (κ3) is 4.89. The Morgan fingerprint density at radius 3 is 2.31 bits per heavy atom. The van der Waals surface area contributed by atoms with Crippen LogP contribution in [0.5, 0.6) is 11.5 Å². The number of benzene rings is 2. The van der Waals surface area contributed by atoms with Gasteiger partial charge in [-0.05, 0) is 36.4 Å². The van der Waals surface area contributed by atoms with Gasteiger partial charge in [0.15, 0.2) is 0 Å². The second-order valence-electron chi connectivity index (χ2n) is 5.59. The number of hydrogen-bond donors (Lipinski definition) is 2. The summed E-state index contributed by atoms with van der Waals surface area (Å²) in [5.74, 6) is 0.911. The molecule has 0 fully saturated rings. The summed E-state index contributed by atoms with van der Waals surface area (Å²) in [6, 6.07) is 12.4. The second kappa shape index (κ2) is 8.75. The Morgan fingerprint density at radius 1 is 1.04 bits per heavy atom. The predicted molar refractivity (Wildman–Crippen MR) is 102 cm³/mol. The van der Waals surface area contributed by atoms with Gasteiger partial charge in [0.1, 0.15) is 11.5 Å². The molecule has 26 heavy (non-hydrogen) atoms. The van der Waals surface area contributed by atoms with Gasteiger partial charge in [0, 0.05) is 31.4 Å². The molecule has 2 rings (SSSR count). The van der Waals surface area contributed by atoms with Gasteiger partial charge in [0.05, 0.1) is 26.5 Å². The van der Waals surface area contributed by atoms with Gasteiger partial charge in [0.2, 0.25) is 11.8 Å². The van der Waals surface area contributed by atoms with Crippen LogP contribution in [0.3, 0.4) is 0 Å². The van der Waals surface area contributed by atoms with Gasteiger partial charge in [-0.25, -0.2) is 0 Å². The van der Waals surface area contributed by atoms with Crippen molar-refractivity contribution in [2.75, 3.05) is 43.3 Å². The lowest BCUT2D eigenvalue weighted by atomic mass is 10.2. The van der Waals surface area contributed by atoms with Crippen LogP contribution in [-0.2, 0) is 9.59 Å². The standard InChI is InChI=1S/C19H23N3O4/c1-13(23)22(2)15-7-5-14(6-8-15)20-12-19(24)21-17-11-16(25-3)9-10-18(17)26-4/h5-11,20H,12H2,1-4H3,(H,21,24). The van der Waals surface area contributed by atoms with Crippen molar-refractivity contribution >= 4 is 28.9 Å². The molecule has 0 radical (unpaired) electrons. The molecule has 0 unspecified atom stereocenters. The van der Waals surface area contributed by atoms with Crippen LogP contribution >= 0.6 is 0 Å². The summed E-state index contributed by atoms with van der Waals surface area (Å²) < 4.78 is 10.4. The van der Waals surface area contributed by atoms with E-state index >= 15 is 0 Å². The molecule has 7 nitrogen and oxygen atoms in total. The molecule has 0 bridgehead atoms. The van der Waals surface area contributed by atoms with E-state index < -0.39 is 0 Å². The molecule has 0 saturated heterocycles. The van der Waals surface area contributed by atoms with Gasteiger partial charge in [-0.2, -0.15) is 0 Å². The third-order valence-corrected chi connectivity index (χ3v) is 3.86. The molecule has 0 saturated carbocycles. The highest BCUT2D eigenvalue weighted by Gasteiger charge is 2.09. The Balaban J connectivity index is 1.96. The summed E-state index contributed by atoms with van der Waals surface area (Å²) in [6.45, 7) is 1.59. The van der Waals surface area contributed by atoms with Gasteiger partial charge >= 0.3 is 0 Å². The van der Waals surface area contributed by atoms with Gasteiger partial charge in [-0.1, -0.05) is 0 Å². The van der Waals surface area contributed by atoms with Crippen molar-refractivity contribution in [3.05, 3.63) is 42.5 Å². The van der Waals surface area contributed by atoms with E-state index in [-0.39, 0.29) is 18.4 Å². The van der Waals surface area contributed by atoms with E-state index in [1.54, 1.807) is 37.3 Å². The van der Waals surface area contributed by atoms with E-state index in [0.29, 0.717) is 17.2 Å². The lowest BCUT2D eigenvalue weighted by Crippen LogP contribution is -2.23. The highest BCUT2D eigenvalue weighted by atomic mass is 16.5. The second-order valence-corrected chi connectivity index (χ2v) is 5.59. The molecular formula is C19H23N3O4. The first-order valence-corrected chi connectivity index (χ1v) is 8.04. The van der Waals surface area contributed by atoms with Crippen molar-refractivity contribution in [3.8, 4) is 11.5 Å². The van der Waals surface area contributed by atoms with Crippen molar-refractivity contribution in [3.63, 3.8) is 0 Å². The van der Waals surface area contributed by atoms with E-state index in [2.05, 4.69) is 10.6 Å². The number of nitrogens with one attached hydrogen (secondary N) is 2. The van der Waals surface area contributed by atoms with Crippen LogP contribution in [0.25, 0.3) is 0 Å². The molecule has 2 amide bonds. The first-order valence-electron chi connectivity index (χ1n) is 8.04. The number of carbonyl (C=O) groups is 2. The van der Waals surface area contributed by atoms with Crippen LogP contribution < -0.4 is 25.0 Å². The van der Waals surface area contributed by atoms with Crippen molar-refractivity contribution < 1.29 is 19.1 Å². The molecular weight excluding hydrogens is 334 g/mol. The molecule has 0 aromatic heterocycles. The zero-order valence-electron chi connectivity index (χ0n) is 15.3. The number of amides is 2. The normalized spacial score (nSPS) is 10.0. The SMILES string of the molecule is COc1ccc(OC)c(NC(=O)CNc2ccc(N(C)C(C)=O)cc2)c1. The minimum atomic E-state index is -0.221. The molecule has 0 aliphatic rings. The number of anilines is 3. The maximum Gasteiger partial charge on any atom is 0.243 e. The minimum Gasteiger partial charge on any atom is -0.497 e. The maximum atomic E-state index is 12.2. The summed E-state index contributed by atoms with van der Waals surface area (Å²) in [6.07, 6.45) is 0. The fourth-order valence-electron chi connectivity index (χ4n) is 2.27. The number of nitrogens with zero attached hydrogens (tertiary/aromatic N) is 1. The minimum absolute atomic E-state index is 0.0441. The molecule has 0 heterocycles. The van der Waals surface area contributed by atoms with Crippen molar-refractivity contribution in [1.82, 2.24) is 0 Å². The zero-order chi connectivity index (χ0) is 19.1.